The fraction of sp³-hybridized carbons (Fsp3) is 0.194. The zero-order valence-corrected chi connectivity index (χ0v) is 22.0. The van der Waals surface area contributed by atoms with Crippen molar-refractivity contribution in [1.29, 1.82) is 0 Å². The Hall–Kier alpha value is -4.85. The van der Waals surface area contributed by atoms with E-state index >= 15 is 0 Å². The second-order valence-electron chi connectivity index (χ2n) is 9.00. The number of amides is 4. The molecule has 0 spiro atoms. The van der Waals surface area contributed by atoms with Crippen molar-refractivity contribution >= 4 is 29.6 Å². The quantitative estimate of drug-likeness (QED) is 0.203. The summed E-state index contributed by atoms with van der Waals surface area (Å²) in [6.07, 6.45) is 3.83. The molecule has 3 aromatic rings. The molecule has 3 aromatic carbocycles. The molecule has 2 N–H and O–H groups in total. The van der Waals surface area contributed by atoms with Gasteiger partial charge in [-0.05, 0) is 61.7 Å². The van der Waals surface area contributed by atoms with Crippen molar-refractivity contribution in [2.75, 3.05) is 18.5 Å². The molecule has 200 valence electrons. The highest BCUT2D eigenvalue weighted by Gasteiger charge is 2.35. The molecular weight excluding hydrogens is 494 g/mol. The summed E-state index contributed by atoms with van der Waals surface area (Å²) in [5.74, 6) is 0.0480. The fourth-order valence-corrected chi connectivity index (χ4v) is 4.09. The molecule has 0 bridgehead atoms. The number of anilines is 1. The zero-order valence-electron chi connectivity index (χ0n) is 22.0. The maximum Gasteiger partial charge on any atom is 0.329 e. The first-order valence-electron chi connectivity index (χ1n) is 12.7. The normalized spacial score (nSPS) is 13.8. The maximum atomic E-state index is 13.0. The molecule has 8 heteroatoms. The number of hydrogen-bond acceptors (Lipinski definition) is 5. The fourth-order valence-electron chi connectivity index (χ4n) is 4.09. The number of allylic oxidation sites excluding steroid dienone is 1. The largest absolute Gasteiger partial charge is 0.490 e. The van der Waals surface area contributed by atoms with E-state index < -0.39 is 24.4 Å². The van der Waals surface area contributed by atoms with Crippen LogP contribution in [0.4, 0.5) is 10.5 Å². The summed E-state index contributed by atoms with van der Waals surface area (Å²) in [4.78, 5) is 38.9. The Balaban J connectivity index is 1.54. The van der Waals surface area contributed by atoms with Crippen molar-refractivity contribution < 1.29 is 23.9 Å². The van der Waals surface area contributed by atoms with Crippen LogP contribution in [0.2, 0.25) is 0 Å². The van der Waals surface area contributed by atoms with Gasteiger partial charge in [0.15, 0.2) is 11.5 Å². The SMILES string of the molecule is C=CCc1cc(/C=C2/NC(=O)N(CC(=O)Nc3ccc(C)cc3)C2=O)cc(OCC)c1OCc1ccccc1. The molecule has 4 rings (SSSR count). The van der Waals surface area contributed by atoms with Crippen LogP contribution in [0, 0.1) is 6.92 Å². The van der Waals surface area contributed by atoms with Gasteiger partial charge in [0.2, 0.25) is 5.91 Å². The highest BCUT2D eigenvalue weighted by molar-refractivity contribution is 6.16. The van der Waals surface area contributed by atoms with Gasteiger partial charge >= 0.3 is 6.03 Å². The van der Waals surface area contributed by atoms with Gasteiger partial charge < -0.3 is 20.1 Å². The molecule has 1 heterocycles. The number of hydrogen-bond donors (Lipinski definition) is 2. The highest BCUT2D eigenvalue weighted by atomic mass is 16.5. The third-order valence-corrected chi connectivity index (χ3v) is 5.95. The minimum atomic E-state index is -0.663. The summed E-state index contributed by atoms with van der Waals surface area (Å²) < 4.78 is 12.0. The van der Waals surface area contributed by atoms with Gasteiger partial charge in [-0.3, -0.25) is 9.59 Å². The maximum absolute atomic E-state index is 13.0. The lowest BCUT2D eigenvalue weighted by Crippen LogP contribution is -2.38. The zero-order chi connectivity index (χ0) is 27.8. The molecule has 0 aromatic heterocycles. The van der Waals surface area contributed by atoms with E-state index in [1.165, 1.54) is 0 Å². The number of carbonyl (C=O) groups excluding carboxylic acids is 3. The molecule has 0 aliphatic carbocycles. The van der Waals surface area contributed by atoms with Crippen molar-refractivity contribution in [2.45, 2.75) is 26.9 Å². The first-order chi connectivity index (χ1) is 18.9. The molecule has 1 aliphatic rings. The number of urea groups is 1. The Morgan fingerprint density at radius 3 is 2.49 bits per heavy atom. The van der Waals surface area contributed by atoms with Crippen LogP contribution in [0.5, 0.6) is 11.5 Å². The second kappa shape index (κ2) is 12.6. The number of nitrogens with zero attached hydrogens (tertiary/aromatic N) is 1. The number of ether oxygens (including phenoxy) is 2. The number of imide groups is 1. The average Bonchev–Trinajstić information content (AvgIpc) is 3.17. The number of aryl methyl sites for hydroxylation is 1. The van der Waals surface area contributed by atoms with Crippen molar-refractivity contribution in [3.8, 4) is 11.5 Å². The molecular formula is C31H31N3O5. The highest BCUT2D eigenvalue weighted by Crippen LogP contribution is 2.35. The number of nitrogens with one attached hydrogen (secondary N) is 2. The van der Waals surface area contributed by atoms with E-state index in [0.29, 0.717) is 42.4 Å². The van der Waals surface area contributed by atoms with Crippen LogP contribution >= 0.6 is 0 Å². The van der Waals surface area contributed by atoms with E-state index in [-0.39, 0.29) is 5.70 Å². The molecule has 4 amide bonds. The number of benzene rings is 3. The van der Waals surface area contributed by atoms with Gasteiger partial charge in [0.25, 0.3) is 5.91 Å². The van der Waals surface area contributed by atoms with Crippen LogP contribution in [-0.4, -0.2) is 35.9 Å². The van der Waals surface area contributed by atoms with Crippen LogP contribution in [0.15, 0.2) is 85.1 Å². The smallest absolute Gasteiger partial charge is 0.329 e. The van der Waals surface area contributed by atoms with Crippen molar-refractivity contribution in [2.24, 2.45) is 0 Å². The minimum absolute atomic E-state index is 0.0630. The van der Waals surface area contributed by atoms with Crippen LogP contribution in [0.1, 0.15) is 29.2 Å². The summed E-state index contributed by atoms with van der Waals surface area (Å²) in [5.41, 5.74) is 4.17. The molecule has 0 atom stereocenters. The predicted molar refractivity (Wildman–Crippen MR) is 150 cm³/mol. The third-order valence-electron chi connectivity index (χ3n) is 5.95. The van der Waals surface area contributed by atoms with Crippen LogP contribution in [-0.2, 0) is 22.6 Å². The monoisotopic (exact) mass is 525 g/mol. The van der Waals surface area contributed by atoms with Gasteiger partial charge in [-0.1, -0.05) is 54.1 Å². The predicted octanol–water partition coefficient (Wildman–Crippen LogP) is 5.23. The lowest BCUT2D eigenvalue weighted by Gasteiger charge is -2.17. The lowest BCUT2D eigenvalue weighted by atomic mass is 10.0. The number of carbonyl (C=O) groups is 3. The second-order valence-corrected chi connectivity index (χ2v) is 9.00. The third kappa shape index (κ3) is 6.93. The Kier molecular flexibility index (Phi) is 8.78. The van der Waals surface area contributed by atoms with Gasteiger partial charge in [-0.2, -0.15) is 0 Å². The van der Waals surface area contributed by atoms with Crippen LogP contribution in [0.3, 0.4) is 0 Å². The Morgan fingerprint density at radius 1 is 1.05 bits per heavy atom. The van der Waals surface area contributed by atoms with E-state index in [4.69, 9.17) is 9.47 Å². The van der Waals surface area contributed by atoms with Gasteiger partial charge in [0, 0.05) is 11.3 Å². The molecule has 0 unspecified atom stereocenters. The lowest BCUT2D eigenvalue weighted by molar-refractivity contribution is -0.127. The summed E-state index contributed by atoms with van der Waals surface area (Å²) in [7, 11) is 0. The molecule has 39 heavy (non-hydrogen) atoms. The Labute approximate surface area is 227 Å². The minimum Gasteiger partial charge on any atom is -0.490 e. The average molecular weight is 526 g/mol. The van der Waals surface area contributed by atoms with E-state index in [0.717, 1.165) is 21.6 Å². The van der Waals surface area contributed by atoms with Gasteiger partial charge in [-0.25, -0.2) is 9.69 Å². The molecule has 1 saturated heterocycles. The van der Waals surface area contributed by atoms with E-state index in [1.54, 1.807) is 30.4 Å². The van der Waals surface area contributed by atoms with Crippen molar-refractivity contribution in [3.63, 3.8) is 0 Å². The van der Waals surface area contributed by atoms with E-state index in [2.05, 4.69) is 17.2 Å². The van der Waals surface area contributed by atoms with E-state index in [1.807, 2.05) is 62.4 Å². The van der Waals surface area contributed by atoms with Crippen LogP contribution < -0.4 is 20.1 Å². The van der Waals surface area contributed by atoms with Gasteiger partial charge in [-0.15, -0.1) is 6.58 Å². The summed E-state index contributed by atoms with van der Waals surface area (Å²) in [5, 5.41) is 5.27. The van der Waals surface area contributed by atoms with Crippen molar-refractivity contribution in [3.05, 3.63) is 107 Å². The van der Waals surface area contributed by atoms with Crippen molar-refractivity contribution in [1.82, 2.24) is 10.2 Å². The summed E-state index contributed by atoms with van der Waals surface area (Å²) in [6, 6.07) is 20.0. The molecule has 1 fully saturated rings. The number of rotatable bonds is 11. The van der Waals surface area contributed by atoms with Gasteiger partial charge in [0.1, 0.15) is 18.8 Å². The standard InChI is InChI=1S/C31H31N3O5/c1-4-9-24-16-23(18-27(38-5-2)29(24)39-20-22-10-7-6-8-11-22)17-26-30(36)34(31(37)33-26)19-28(35)32-25-14-12-21(3)13-15-25/h4,6-8,10-18H,1,5,9,19-20H2,2-3H3,(H,32,35)(H,33,37)/b26-17+. The summed E-state index contributed by atoms with van der Waals surface area (Å²) in [6.45, 7) is 8.03. The van der Waals surface area contributed by atoms with Gasteiger partial charge in [0.05, 0.1) is 6.61 Å². The summed E-state index contributed by atoms with van der Waals surface area (Å²) >= 11 is 0. The molecule has 8 nitrogen and oxygen atoms in total. The molecule has 0 radical (unpaired) electrons. The molecule has 0 saturated carbocycles. The Bertz CT molecular complexity index is 1400. The first-order valence-corrected chi connectivity index (χ1v) is 12.7. The van der Waals surface area contributed by atoms with Crippen LogP contribution in [0.25, 0.3) is 6.08 Å². The molecule has 1 aliphatic heterocycles. The topological polar surface area (TPSA) is 97.0 Å². The first kappa shape index (κ1) is 27.2. The van der Waals surface area contributed by atoms with E-state index in [9.17, 15) is 14.4 Å². The Morgan fingerprint density at radius 2 is 1.79 bits per heavy atom.